The molecule has 2 N–H and O–H groups in total. The number of anilines is 2. The van der Waals surface area contributed by atoms with Gasteiger partial charge in [-0.05, 0) is 31.2 Å². The Hall–Kier alpha value is -1.92. The van der Waals surface area contributed by atoms with Crippen LogP contribution in [-0.2, 0) is 0 Å². The highest BCUT2D eigenvalue weighted by atomic mass is 35.5. The maximum absolute atomic E-state index is 11.8. The first-order chi connectivity index (χ1) is 9.45. The van der Waals surface area contributed by atoms with Crippen LogP contribution in [0.3, 0.4) is 0 Å². The van der Waals surface area contributed by atoms with Gasteiger partial charge in [-0.15, -0.1) is 0 Å². The van der Waals surface area contributed by atoms with Gasteiger partial charge in [0, 0.05) is 17.6 Å². The Morgan fingerprint density at radius 2 is 1.85 bits per heavy atom. The van der Waals surface area contributed by atoms with Crippen LogP contribution >= 0.6 is 22.9 Å². The van der Waals surface area contributed by atoms with E-state index in [0.717, 1.165) is 11.3 Å². The Kier molecular flexibility index (Phi) is 4.36. The summed E-state index contributed by atoms with van der Waals surface area (Å²) in [4.78, 5) is 27.8. The van der Waals surface area contributed by atoms with Crippen molar-refractivity contribution in [3.63, 3.8) is 0 Å². The number of nitrogens with zero attached hydrogens (tertiary/aromatic N) is 1. The van der Waals surface area contributed by atoms with Gasteiger partial charge in [-0.1, -0.05) is 22.9 Å². The number of hydrogen-bond donors (Lipinski definition) is 2. The predicted molar refractivity (Wildman–Crippen MR) is 80.9 cm³/mol. The van der Waals surface area contributed by atoms with Crippen LogP contribution in [0.1, 0.15) is 22.3 Å². The molecule has 0 aliphatic rings. The normalized spacial score (nSPS) is 10.2. The van der Waals surface area contributed by atoms with E-state index in [-0.39, 0.29) is 5.78 Å². The summed E-state index contributed by atoms with van der Waals surface area (Å²) in [7, 11) is 0. The summed E-state index contributed by atoms with van der Waals surface area (Å²) in [5.41, 5.74) is 1.23. The fourth-order valence-corrected chi connectivity index (χ4v) is 2.55. The summed E-state index contributed by atoms with van der Waals surface area (Å²) < 4.78 is 0. The van der Waals surface area contributed by atoms with Crippen molar-refractivity contribution < 1.29 is 9.59 Å². The lowest BCUT2D eigenvalue weighted by atomic mass is 10.3. The smallest absolute Gasteiger partial charge is 0.308 e. The fraction of sp³-hybridized carbons (Fsp3) is 0.154. The zero-order valence-corrected chi connectivity index (χ0v) is 12.4. The number of benzene rings is 1. The third-order valence-electron chi connectivity index (χ3n) is 2.44. The summed E-state index contributed by atoms with van der Waals surface area (Å²) in [6.07, 6.45) is 0. The molecule has 0 aliphatic heterocycles. The van der Waals surface area contributed by atoms with E-state index in [2.05, 4.69) is 15.6 Å². The van der Waals surface area contributed by atoms with Gasteiger partial charge < -0.3 is 5.32 Å². The molecule has 0 atom stereocenters. The number of Topliss-reactive ketones (excluding diaryl/α,β-unsaturated/α-hetero) is 1. The molecule has 2 rings (SSSR count). The number of halogens is 1. The highest BCUT2D eigenvalue weighted by molar-refractivity contribution is 7.17. The number of amides is 2. The van der Waals surface area contributed by atoms with Crippen LogP contribution in [0, 0.1) is 6.92 Å². The standard InChI is InChI=1S/C13H12ClN3O2S/c1-7-11(8(2)18)20-13(15-7)17-12(19)16-10-5-3-9(14)4-6-10/h3-6H,1-2H3,(H2,15,16,17,19). The van der Waals surface area contributed by atoms with Gasteiger partial charge in [0.1, 0.15) is 0 Å². The number of urea groups is 1. The van der Waals surface area contributed by atoms with Crippen molar-refractivity contribution in [2.75, 3.05) is 10.6 Å². The fourth-order valence-electron chi connectivity index (χ4n) is 1.57. The molecule has 7 heteroatoms. The molecule has 104 valence electrons. The first-order valence-electron chi connectivity index (χ1n) is 5.77. The molecular formula is C13H12ClN3O2S. The molecule has 2 aromatic rings. The number of nitrogens with one attached hydrogen (secondary N) is 2. The topological polar surface area (TPSA) is 71.1 Å². The van der Waals surface area contributed by atoms with Crippen LogP contribution in [0.5, 0.6) is 0 Å². The molecule has 0 saturated heterocycles. The van der Waals surface area contributed by atoms with E-state index >= 15 is 0 Å². The molecule has 0 radical (unpaired) electrons. The minimum atomic E-state index is -0.420. The zero-order valence-electron chi connectivity index (χ0n) is 10.9. The second-order valence-electron chi connectivity index (χ2n) is 4.08. The second-order valence-corrected chi connectivity index (χ2v) is 5.51. The van der Waals surface area contributed by atoms with E-state index in [0.29, 0.717) is 26.4 Å². The molecule has 1 aromatic heterocycles. The van der Waals surface area contributed by atoms with E-state index in [9.17, 15) is 9.59 Å². The van der Waals surface area contributed by atoms with Crippen molar-refractivity contribution in [1.82, 2.24) is 4.98 Å². The molecule has 2 amide bonds. The molecule has 0 aliphatic carbocycles. The maximum atomic E-state index is 11.8. The lowest BCUT2D eigenvalue weighted by Crippen LogP contribution is -2.19. The molecule has 0 unspecified atom stereocenters. The molecular weight excluding hydrogens is 298 g/mol. The van der Waals surface area contributed by atoms with Crippen LogP contribution in [0.4, 0.5) is 15.6 Å². The molecule has 1 aromatic carbocycles. The van der Waals surface area contributed by atoms with Crippen LogP contribution in [-0.4, -0.2) is 16.8 Å². The lowest BCUT2D eigenvalue weighted by Gasteiger charge is -2.04. The zero-order chi connectivity index (χ0) is 14.7. The largest absolute Gasteiger partial charge is 0.325 e. The highest BCUT2D eigenvalue weighted by Crippen LogP contribution is 2.23. The van der Waals surface area contributed by atoms with Gasteiger partial charge in [-0.3, -0.25) is 10.1 Å². The predicted octanol–water partition coefficient (Wildman–Crippen LogP) is 3.95. The van der Waals surface area contributed by atoms with E-state index in [1.807, 2.05) is 0 Å². The van der Waals surface area contributed by atoms with Gasteiger partial charge in [0.25, 0.3) is 0 Å². The first kappa shape index (κ1) is 14.5. The molecule has 0 fully saturated rings. The quantitative estimate of drug-likeness (QED) is 0.843. The molecule has 20 heavy (non-hydrogen) atoms. The summed E-state index contributed by atoms with van der Waals surface area (Å²) >= 11 is 6.91. The first-order valence-corrected chi connectivity index (χ1v) is 6.97. The second kappa shape index (κ2) is 6.02. The van der Waals surface area contributed by atoms with Crippen molar-refractivity contribution in [2.45, 2.75) is 13.8 Å². The van der Waals surface area contributed by atoms with Gasteiger partial charge in [-0.25, -0.2) is 9.78 Å². The Bertz CT molecular complexity index is 652. The average molecular weight is 310 g/mol. The van der Waals surface area contributed by atoms with Crippen molar-refractivity contribution in [1.29, 1.82) is 0 Å². The molecule has 0 bridgehead atoms. The summed E-state index contributed by atoms with van der Waals surface area (Å²) in [5, 5.41) is 6.23. The Morgan fingerprint density at radius 1 is 1.20 bits per heavy atom. The van der Waals surface area contributed by atoms with Gasteiger partial charge >= 0.3 is 6.03 Å². The number of hydrogen-bond acceptors (Lipinski definition) is 4. The van der Waals surface area contributed by atoms with Crippen molar-refractivity contribution >= 4 is 45.6 Å². The lowest BCUT2D eigenvalue weighted by molar-refractivity contribution is 0.102. The third-order valence-corrected chi connectivity index (χ3v) is 3.86. The van der Waals surface area contributed by atoms with E-state index in [1.54, 1.807) is 31.2 Å². The number of rotatable bonds is 3. The monoisotopic (exact) mass is 309 g/mol. The number of ketones is 1. The van der Waals surface area contributed by atoms with Gasteiger partial charge in [0.05, 0.1) is 10.6 Å². The van der Waals surface area contributed by atoms with Gasteiger partial charge in [-0.2, -0.15) is 0 Å². The van der Waals surface area contributed by atoms with Gasteiger partial charge in [0.2, 0.25) is 0 Å². The summed E-state index contributed by atoms with van der Waals surface area (Å²) in [6.45, 7) is 3.20. The third kappa shape index (κ3) is 3.55. The van der Waals surface area contributed by atoms with Crippen molar-refractivity contribution in [2.24, 2.45) is 0 Å². The van der Waals surface area contributed by atoms with Crippen LogP contribution in [0.2, 0.25) is 5.02 Å². The number of aromatic nitrogens is 1. The Labute approximate surface area is 125 Å². The summed E-state index contributed by atoms with van der Waals surface area (Å²) in [6, 6.07) is 6.32. The number of carbonyl (C=O) groups is 2. The van der Waals surface area contributed by atoms with Gasteiger partial charge in [0.15, 0.2) is 10.9 Å². The minimum absolute atomic E-state index is 0.0637. The van der Waals surface area contributed by atoms with E-state index in [4.69, 9.17) is 11.6 Å². The van der Waals surface area contributed by atoms with Crippen LogP contribution < -0.4 is 10.6 Å². The van der Waals surface area contributed by atoms with Crippen LogP contribution in [0.25, 0.3) is 0 Å². The SMILES string of the molecule is CC(=O)c1sc(NC(=O)Nc2ccc(Cl)cc2)nc1C. The van der Waals surface area contributed by atoms with Crippen molar-refractivity contribution in [3.8, 4) is 0 Å². The summed E-state index contributed by atoms with van der Waals surface area (Å²) in [5.74, 6) is -0.0637. The molecule has 0 spiro atoms. The molecule has 1 heterocycles. The van der Waals surface area contributed by atoms with E-state index in [1.165, 1.54) is 6.92 Å². The van der Waals surface area contributed by atoms with E-state index < -0.39 is 6.03 Å². The maximum Gasteiger partial charge on any atom is 0.325 e. The number of thiazole rings is 1. The molecule has 0 saturated carbocycles. The Balaban J connectivity index is 2.03. The molecule has 5 nitrogen and oxygen atoms in total. The van der Waals surface area contributed by atoms with Crippen LogP contribution in [0.15, 0.2) is 24.3 Å². The van der Waals surface area contributed by atoms with Crippen molar-refractivity contribution in [3.05, 3.63) is 39.9 Å². The Morgan fingerprint density at radius 3 is 2.40 bits per heavy atom. The number of carbonyl (C=O) groups excluding carboxylic acids is 2. The minimum Gasteiger partial charge on any atom is -0.308 e. The highest BCUT2D eigenvalue weighted by Gasteiger charge is 2.13. The average Bonchev–Trinajstić information content (AvgIpc) is 2.73. The number of aryl methyl sites for hydroxylation is 1.